The van der Waals surface area contributed by atoms with E-state index in [2.05, 4.69) is 6.92 Å². The van der Waals surface area contributed by atoms with Crippen molar-refractivity contribution in [1.29, 1.82) is 0 Å². The third-order valence-electron chi connectivity index (χ3n) is 2.52. The summed E-state index contributed by atoms with van der Waals surface area (Å²) in [6, 6.07) is 7.94. The number of unbranched alkanes of at least 4 members (excludes halogenated alkanes) is 1. The predicted molar refractivity (Wildman–Crippen MR) is 70.3 cm³/mol. The second-order valence-electron chi connectivity index (χ2n) is 4.18. The lowest BCUT2D eigenvalue weighted by atomic mass is 10.1. The Morgan fingerprint density at radius 3 is 2.76 bits per heavy atom. The molecule has 96 valence electrons. The van der Waals surface area contributed by atoms with Crippen molar-refractivity contribution in [1.82, 2.24) is 0 Å². The fourth-order valence-corrected chi connectivity index (χ4v) is 1.45. The van der Waals surface area contributed by atoms with Crippen LogP contribution in [0.1, 0.15) is 38.3 Å². The van der Waals surface area contributed by atoms with E-state index < -0.39 is 0 Å². The maximum atomic E-state index is 5.81. The van der Waals surface area contributed by atoms with Crippen LogP contribution < -0.4 is 10.5 Å². The molecule has 0 aliphatic rings. The van der Waals surface area contributed by atoms with Gasteiger partial charge in [0.05, 0.1) is 6.61 Å². The lowest BCUT2D eigenvalue weighted by Gasteiger charge is -2.10. The van der Waals surface area contributed by atoms with Crippen LogP contribution in [0.15, 0.2) is 24.3 Å². The summed E-state index contributed by atoms with van der Waals surface area (Å²) in [5.41, 5.74) is 6.90. The lowest BCUT2D eigenvalue weighted by Crippen LogP contribution is -2.08. The quantitative estimate of drug-likeness (QED) is 0.707. The van der Waals surface area contributed by atoms with Gasteiger partial charge in [-0.1, -0.05) is 25.5 Å². The maximum absolute atomic E-state index is 5.81. The Kier molecular flexibility index (Phi) is 6.67. The number of benzene rings is 1. The highest BCUT2D eigenvalue weighted by molar-refractivity contribution is 5.30. The minimum absolute atomic E-state index is 0.0411. The summed E-state index contributed by atoms with van der Waals surface area (Å²) in [7, 11) is 0. The second kappa shape index (κ2) is 8.09. The van der Waals surface area contributed by atoms with Crippen molar-refractivity contribution in [3.05, 3.63) is 29.8 Å². The molecule has 0 bridgehead atoms. The molecule has 1 rings (SSSR count). The zero-order valence-corrected chi connectivity index (χ0v) is 10.8. The van der Waals surface area contributed by atoms with Crippen LogP contribution in [0.2, 0.25) is 0 Å². The molecule has 1 unspecified atom stereocenters. The highest BCUT2D eigenvalue weighted by atomic mass is 16.5. The van der Waals surface area contributed by atoms with Crippen LogP contribution in [-0.2, 0) is 4.74 Å². The van der Waals surface area contributed by atoms with Gasteiger partial charge in [-0.25, -0.2) is 0 Å². The molecular formula is C14H23NO2. The molecule has 0 saturated carbocycles. The van der Waals surface area contributed by atoms with Gasteiger partial charge in [0.1, 0.15) is 12.4 Å². The summed E-state index contributed by atoms with van der Waals surface area (Å²) < 4.78 is 11.0. The van der Waals surface area contributed by atoms with Crippen LogP contribution in [0.25, 0.3) is 0 Å². The molecule has 0 aliphatic carbocycles. The third kappa shape index (κ3) is 5.71. The second-order valence-corrected chi connectivity index (χ2v) is 4.18. The molecule has 0 radical (unpaired) electrons. The molecule has 0 aromatic heterocycles. The summed E-state index contributed by atoms with van der Waals surface area (Å²) in [6.07, 6.45) is 2.28. The van der Waals surface area contributed by atoms with Gasteiger partial charge in [-0.2, -0.15) is 0 Å². The molecule has 17 heavy (non-hydrogen) atoms. The minimum atomic E-state index is 0.0411. The fourth-order valence-electron chi connectivity index (χ4n) is 1.45. The Bertz CT molecular complexity index is 313. The fraction of sp³-hybridized carbons (Fsp3) is 0.571. The molecule has 0 aliphatic heterocycles. The standard InChI is InChI=1S/C14H23NO2/c1-3-4-8-16-9-10-17-14-7-5-6-13(11-14)12(2)15/h5-7,11-12H,3-4,8-10,15H2,1-2H3. The number of hydrogen-bond donors (Lipinski definition) is 1. The van der Waals surface area contributed by atoms with Crippen LogP contribution in [0.5, 0.6) is 5.75 Å². The van der Waals surface area contributed by atoms with Gasteiger partial charge in [0.2, 0.25) is 0 Å². The van der Waals surface area contributed by atoms with Crippen molar-refractivity contribution < 1.29 is 9.47 Å². The molecule has 1 aromatic carbocycles. The van der Waals surface area contributed by atoms with Crippen LogP contribution in [0.3, 0.4) is 0 Å². The summed E-state index contributed by atoms with van der Waals surface area (Å²) in [5.74, 6) is 0.860. The van der Waals surface area contributed by atoms with E-state index >= 15 is 0 Å². The van der Waals surface area contributed by atoms with Gasteiger partial charge in [0, 0.05) is 12.6 Å². The van der Waals surface area contributed by atoms with E-state index in [1.165, 1.54) is 0 Å². The summed E-state index contributed by atoms with van der Waals surface area (Å²) in [6.45, 7) is 6.17. The molecule has 2 N–H and O–H groups in total. The molecule has 1 atom stereocenters. The first-order valence-electron chi connectivity index (χ1n) is 6.30. The Labute approximate surface area is 104 Å². The molecule has 3 nitrogen and oxygen atoms in total. The van der Waals surface area contributed by atoms with Crippen LogP contribution in [0.4, 0.5) is 0 Å². The van der Waals surface area contributed by atoms with E-state index in [9.17, 15) is 0 Å². The molecule has 0 fully saturated rings. The van der Waals surface area contributed by atoms with E-state index in [0.717, 1.165) is 30.8 Å². The molecular weight excluding hydrogens is 214 g/mol. The Morgan fingerprint density at radius 2 is 2.06 bits per heavy atom. The Morgan fingerprint density at radius 1 is 1.24 bits per heavy atom. The highest BCUT2D eigenvalue weighted by Gasteiger charge is 2.00. The van der Waals surface area contributed by atoms with E-state index in [4.69, 9.17) is 15.2 Å². The number of nitrogens with two attached hydrogens (primary N) is 1. The minimum Gasteiger partial charge on any atom is -0.491 e. The molecule has 1 aromatic rings. The molecule has 0 heterocycles. The molecule has 0 amide bonds. The van der Waals surface area contributed by atoms with Crippen molar-refractivity contribution in [2.45, 2.75) is 32.7 Å². The largest absolute Gasteiger partial charge is 0.491 e. The number of ether oxygens (including phenoxy) is 2. The van der Waals surface area contributed by atoms with E-state index in [-0.39, 0.29) is 6.04 Å². The topological polar surface area (TPSA) is 44.5 Å². The smallest absolute Gasteiger partial charge is 0.119 e. The van der Waals surface area contributed by atoms with Gasteiger partial charge < -0.3 is 15.2 Å². The molecule has 3 heteroatoms. The van der Waals surface area contributed by atoms with Gasteiger partial charge in [-0.3, -0.25) is 0 Å². The number of rotatable bonds is 8. The summed E-state index contributed by atoms with van der Waals surface area (Å²) in [5, 5.41) is 0. The van der Waals surface area contributed by atoms with Gasteiger partial charge in [0.25, 0.3) is 0 Å². The summed E-state index contributed by atoms with van der Waals surface area (Å²) >= 11 is 0. The van der Waals surface area contributed by atoms with Gasteiger partial charge in [-0.05, 0) is 31.0 Å². The first-order valence-corrected chi connectivity index (χ1v) is 6.30. The van der Waals surface area contributed by atoms with Crippen molar-refractivity contribution in [3.63, 3.8) is 0 Å². The van der Waals surface area contributed by atoms with Crippen molar-refractivity contribution >= 4 is 0 Å². The maximum Gasteiger partial charge on any atom is 0.119 e. The molecule has 0 saturated heterocycles. The Hall–Kier alpha value is -1.06. The monoisotopic (exact) mass is 237 g/mol. The van der Waals surface area contributed by atoms with Crippen LogP contribution in [-0.4, -0.2) is 19.8 Å². The summed E-state index contributed by atoms with van der Waals surface area (Å²) in [4.78, 5) is 0. The molecule has 0 spiro atoms. The van der Waals surface area contributed by atoms with Crippen LogP contribution in [0, 0.1) is 0 Å². The zero-order chi connectivity index (χ0) is 12.5. The van der Waals surface area contributed by atoms with Crippen molar-refractivity contribution in [2.24, 2.45) is 5.73 Å². The lowest BCUT2D eigenvalue weighted by molar-refractivity contribution is 0.0980. The Balaban J connectivity index is 2.24. The van der Waals surface area contributed by atoms with Gasteiger partial charge in [0.15, 0.2) is 0 Å². The number of hydrogen-bond acceptors (Lipinski definition) is 3. The normalized spacial score (nSPS) is 12.4. The zero-order valence-electron chi connectivity index (χ0n) is 10.8. The van der Waals surface area contributed by atoms with Gasteiger partial charge >= 0.3 is 0 Å². The first-order chi connectivity index (χ1) is 8.24. The third-order valence-corrected chi connectivity index (χ3v) is 2.52. The predicted octanol–water partition coefficient (Wildman–Crippen LogP) is 2.90. The van der Waals surface area contributed by atoms with E-state index in [0.29, 0.717) is 13.2 Å². The van der Waals surface area contributed by atoms with Crippen LogP contribution >= 0.6 is 0 Å². The van der Waals surface area contributed by atoms with Gasteiger partial charge in [-0.15, -0.1) is 0 Å². The SMILES string of the molecule is CCCCOCCOc1cccc(C(C)N)c1. The van der Waals surface area contributed by atoms with Crippen molar-refractivity contribution in [3.8, 4) is 5.75 Å². The van der Waals surface area contributed by atoms with E-state index in [1.807, 2.05) is 31.2 Å². The van der Waals surface area contributed by atoms with E-state index in [1.54, 1.807) is 0 Å². The van der Waals surface area contributed by atoms with Crippen molar-refractivity contribution in [2.75, 3.05) is 19.8 Å². The first kappa shape index (κ1) is 14.0. The average molecular weight is 237 g/mol. The highest BCUT2D eigenvalue weighted by Crippen LogP contribution is 2.17. The average Bonchev–Trinajstić information content (AvgIpc) is 2.34.